The first-order valence-electron chi connectivity index (χ1n) is 18.3. The molecule has 0 aromatic heterocycles. The van der Waals surface area contributed by atoms with Gasteiger partial charge in [-0.05, 0) is 57.8 Å². The van der Waals surface area contributed by atoms with Crippen LogP contribution in [0.15, 0.2) is 85.1 Å². The monoisotopic (exact) mass is 687 g/mol. The fraction of sp³-hybridized carbons (Fsp3) is 0.625. The topological polar surface area (TPSA) is 149 Å². The molecule has 1 rings (SSSR count). The van der Waals surface area contributed by atoms with Gasteiger partial charge in [0.15, 0.2) is 6.29 Å². The Morgan fingerprint density at radius 1 is 0.714 bits per heavy atom. The van der Waals surface area contributed by atoms with Crippen LogP contribution in [0.4, 0.5) is 0 Å². The molecule has 1 fully saturated rings. The van der Waals surface area contributed by atoms with Crippen LogP contribution in [-0.2, 0) is 14.3 Å². The number of hydrogen-bond donors (Lipinski definition) is 6. The van der Waals surface area contributed by atoms with Gasteiger partial charge in [-0.3, -0.25) is 4.79 Å². The van der Waals surface area contributed by atoms with E-state index in [0.29, 0.717) is 6.42 Å². The lowest BCUT2D eigenvalue weighted by Gasteiger charge is -2.40. The zero-order valence-electron chi connectivity index (χ0n) is 29.9. The summed E-state index contributed by atoms with van der Waals surface area (Å²) in [4.78, 5) is 12.8. The minimum absolute atomic E-state index is 0.215. The number of carbonyl (C=O) groups excluding carboxylic acids is 1. The second kappa shape index (κ2) is 30.2. The van der Waals surface area contributed by atoms with Crippen molar-refractivity contribution in [1.82, 2.24) is 5.32 Å². The predicted molar refractivity (Wildman–Crippen MR) is 198 cm³/mol. The third-order valence-electron chi connectivity index (χ3n) is 7.99. The van der Waals surface area contributed by atoms with Crippen molar-refractivity contribution in [2.24, 2.45) is 0 Å². The van der Waals surface area contributed by atoms with Gasteiger partial charge in [0.2, 0.25) is 5.91 Å². The number of allylic oxidation sites excluding steroid dienone is 13. The van der Waals surface area contributed by atoms with Gasteiger partial charge < -0.3 is 40.3 Å². The molecule has 1 amide bonds. The molecule has 1 saturated heterocycles. The molecule has 0 saturated carbocycles. The van der Waals surface area contributed by atoms with Gasteiger partial charge in [-0.25, -0.2) is 0 Å². The SMILES string of the molecule is CC/C=C\C/C=C\C/C=C\C/C=C\C/C=C\C/C=C\CCC(=O)NC(COC1OC(CO)C(O)C(O)C1O)C(O)/C=C/CCCCCCC. The fourth-order valence-corrected chi connectivity index (χ4v) is 5.00. The number of rotatable bonds is 27. The Balaban J connectivity index is 2.47. The van der Waals surface area contributed by atoms with Crippen LogP contribution in [0.5, 0.6) is 0 Å². The van der Waals surface area contributed by atoms with E-state index in [1.54, 1.807) is 6.08 Å². The molecule has 6 N–H and O–H groups in total. The van der Waals surface area contributed by atoms with Gasteiger partial charge in [-0.2, -0.15) is 0 Å². The van der Waals surface area contributed by atoms with Crippen LogP contribution in [-0.4, -0.2) is 87.5 Å². The van der Waals surface area contributed by atoms with Crippen LogP contribution in [0, 0.1) is 0 Å². The summed E-state index contributed by atoms with van der Waals surface area (Å²) in [7, 11) is 0. The minimum Gasteiger partial charge on any atom is -0.394 e. The highest BCUT2D eigenvalue weighted by Gasteiger charge is 2.44. The van der Waals surface area contributed by atoms with Gasteiger partial charge in [-0.15, -0.1) is 0 Å². The molecule has 1 aliphatic heterocycles. The normalized spacial score (nSPS) is 23.4. The second-order valence-electron chi connectivity index (χ2n) is 12.3. The Kier molecular flexibility index (Phi) is 27.4. The zero-order chi connectivity index (χ0) is 36.0. The molecule has 0 aromatic carbocycles. The maximum Gasteiger partial charge on any atom is 0.220 e. The van der Waals surface area contributed by atoms with E-state index in [2.05, 4.69) is 79.9 Å². The molecule has 0 aliphatic carbocycles. The molecule has 7 atom stereocenters. The van der Waals surface area contributed by atoms with Crippen LogP contribution in [0.1, 0.15) is 104 Å². The molecule has 0 spiro atoms. The molecular weight excluding hydrogens is 622 g/mol. The molecule has 0 bridgehead atoms. The van der Waals surface area contributed by atoms with Crippen LogP contribution in [0.2, 0.25) is 0 Å². The van der Waals surface area contributed by atoms with Crippen molar-refractivity contribution in [3.8, 4) is 0 Å². The summed E-state index contributed by atoms with van der Waals surface area (Å²) < 4.78 is 11.1. The van der Waals surface area contributed by atoms with Crippen LogP contribution in [0.25, 0.3) is 0 Å². The maximum atomic E-state index is 12.8. The first-order valence-corrected chi connectivity index (χ1v) is 18.3. The number of aliphatic hydroxyl groups excluding tert-OH is 5. The van der Waals surface area contributed by atoms with E-state index >= 15 is 0 Å². The highest BCUT2D eigenvalue weighted by Crippen LogP contribution is 2.22. The van der Waals surface area contributed by atoms with Crippen LogP contribution < -0.4 is 5.32 Å². The highest BCUT2D eigenvalue weighted by molar-refractivity contribution is 5.76. The molecule has 9 nitrogen and oxygen atoms in total. The van der Waals surface area contributed by atoms with Gasteiger partial charge in [0.25, 0.3) is 0 Å². The van der Waals surface area contributed by atoms with E-state index in [0.717, 1.165) is 57.8 Å². The number of unbranched alkanes of at least 4 members (excludes halogenated alkanes) is 5. The molecule has 0 radical (unpaired) electrons. The predicted octanol–water partition coefficient (Wildman–Crippen LogP) is 6.04. The maximum absolute atomic E-state index is 12.8. The Morgan fingerprint density at radius 3 is 1.82 bits per heavy atom. The Labute approximate surface area is 295 Å². The number of ether oxygens (including phenoxy) is 2. The minimum atomic E-state index is -1.58. The number of amides is 1. The average molecular weight is 688 g/mol. The van der Waals surface area contributed by atoms with Crippen molar-refractivity contribution in [1.29, 1.82) is 0 Å². The number of hydrogen-bond acceptors (Lipinski definition) is 8. The largest absolute Gasteiger partial charge is 0.394 e. The standard InChI is InChI=1S/C40H65NO8/c1-3-5-7-9-11-12-13-14-15-16-17-18-19-20-21-22-24-26-28-30-36(44)41-33(34(43)29-27-25-23-10-8-6-4-2)32-48-40-39(47)38(46)37(45)35(31-42)49-40/h5,7,11-12,14-15,17-18,20-21,24,26-27,29,33-35,37-40,42-43,45-47H,3-4,6,8-10,13,16,19,22-23,25,28,30-32H2,1-2H3,(H,41,44)/b7-5-,12-11-,15-14-,18-17-,21-20-,26-24-,29-27+. The van der Waals surface area contributed by atoms with Gasteiger partial charge in [-0.1, -0.05) is 125 Å². The number of nitrogens with one attached hydrogen (secondary N) is 1. The molecule has 1 aliphatic rings. The van der Waals surface area contributed by atoms with E-state index in [-0.39, 0.29) is 18.9 Å². The van der Waals surface area contributed by atoms with E-state index < -0.39 is 49.5 Å². The summed E-state index contributed by atoms with van der Waals surface area (Å²) >= 11 is 0. The Bertz CT molecular complexity index is 1030. The van der Waals surface area contributed by atoms with Crippen molar-refractivity contribution >= 4 is 5.91 Å². The fourth-order valence-electron chi connectivity index (χ4n) is 5.00. The van der Waals surface area contributed by atoms with Crippen molar-refractivity contribution < 1.29 is 39.8 Å². The first kappa shape index (κ1) is 44.4. The van der Waals surface area contributed by atoms with E-state index in [1.807, 2.05) is 18.2 Å². The van der Waals surface area contributed by atoms with Gasteiger partial charge >= 0.3 is 0 Å². The van der Waals surface area contributed by atoms with E-state index in [1.165, 1.54) is 19.3 Å². The van der Waals surface area contributed by atoms with Crippen LogP contribution in [0.3, 0.4) is 0 Å². The smallest absolute Gasteiger partial charge is 0.220 e. The van der Waals surface area contributed by atoms with Gasteiger partial charge in [0.1, 0.15) is 24.4 Å². The van der Waals surface area contributed by atoms with Crippen molar-refractivity contribution in [2.75, 3.05) is 13.2 Å². The number of aliphatic hydroxyl groups is 5. The Morgan fingerprint density at radius 2 is 1.27 bits per heavy atom. The van der Waals surface area contributed by atoms with E-state index in [4.69, 9.17) is 9.47 Å². The summed E-state index contributed by atoms with van der Waals surface area (Å²) in [5.74, 6) is -0.269. The lowest BCUT2D eigenvalue weighted by atomic mass is 9.99. The summed E-state index contributed by atoms with van der Waals surface area (Å²) in [6.45, 7) is 3.50. The molecule has 49 heavy (non-hydrogen) atoms. The second-order valence-corrected chi connectivity index (χ2v) is 12.3. The van der Waals surface area contributed by atoms with Gasteiger partial charge in [0, 0.05) is 6.42 Å². The van der Waals surface area contributed by atoms with Crippen molar-refractivity contribution in [3.63, 3.8) is 0 Å². The lowest BCUT2D eigenvalue weighted by Crippen LogP contribution is -2.60. The van der Waals surface area contributed by atoms with Gasteiger partial charge in [0.05, 0.1) is 25.4 Å². The molecule has 9 heteroatoms. The molecule has 1 heterocycles. The molecule has 7 unspecified atom stereocenters. The third-order valence-corrected chi connectivity index (χ3v) is 7.99. The van der Waals surface area contributed by atoms with Crippen LogP contribution >= 0.6 is 0 Å². The zero-order valence-corrected chi connectivity index (χ0v) is 29.9. The summed E-state index contributed by atoms with van der Waals surface area (Å²) in [5, 5.41) is 53.6. The summed E-state index contributed by atoms with van der Waals surface area (Å²) in [6, 6.07) is -0.846. The molecular formula is C40H65NO8. The third kappa shape index (κ3) is 21.9. The molecule has 278 valence electrons. The average Bonchev–Trinajstić information content (AvgIpc) is 3.10. The van der Waals surface area contributed by atoms with Crippen molar-refractivity contribution in [3.05, 3.63) is 85.1 Å². The lowest BCUT2D eigenvalue weighted by molar-refractivity contribution is -0.302. The van der Waals surface area contributed by atoms with E-state index in [9.17, 15) is 30.3 Å². The first-order chi connectivity index (χ1) is 23.8. The molecule has 0 aromatic rings. The quantitative estimate of drug-likeness (QED) is 0.0452. The Hall–Kier alpha value is -2.63. The number of carbonyl (C=O) groups is 1. The van der Waals surface area contributed by atoms with Crippen molar-refractivity contribution in [2.45, 2.75) is 147 Å². The summed E-state index contributed by atoms with van der Waals surface area (Å²) in [5.41, 5.74) is 0. The summed E-state index contributed by atoms with van der Waals surface area (Å²) in [6.07, 6.45) is 33.7. The highest BCUT2D eigenvalue weighted by atomic mass is 16.7.